The Labute approximate surface area is 131 Å². The number of nitrogens with zero attached hydrogens (tertiary/aromatic N) is 3. The van der Waals surface area contributed by atoms with Crippen LogP contribution in [0.1, 0.15) is 18.7 Å². The highest BCUT2D eigenvalue weighted by atomic mass is 32.1. The minimum Gasteiger partial charge on any atom is -0.341 e. The average Bonchev–Trinajstić information content (AvgIpc) is 2.97. The third-order valence-electron chi connectivity index (χ3n) is 3.15. The van der Waals surface area contributed by atoms with Crippen molar-refractivity contribution in [2.45, 2.75) is 20.4 Å². The predicted octanol–water partition coefficient (Wildman–Crippen LogP) is 2.74. The average molecular weight is 305 g/mol. The van der Waals surface area contributed by atoms with Gasteiger partial charge in [0, 0.05) is 31.1 Å². The molecule has 0 N–H and O–H groups in total. The molecule has 0 aliphatic rings. The number of hydrogen-bond acceptors (Lipinski definition) is 4. The number of amides is 1. The van der Waals surface area contributed by atoms with E-state index >= 15 is 0 Å². The lowest BCUT2D eigenvalue weighted by atomic mass is 10.2. The molecule has 21 heavy (non-hydrogen) atoms. The van der Waals surface area contributed by atoms with Gasteiger partial charge in [-0.3, -0.25) is 9.69 Å². The van der Waals surface area contributed by atoms with Gasteiger partial charge in [0.05, 0.1) is 18.5 Å². The summed E-state index contributed by atoms with van der Waals surface area (Å²) in [4.78, 5) is 17.4. The molecule has 0 aliphatic heterocycles. The van der Waals surface area contributed by atoms with E-state index in [0.717, 1.165) is 6.54 Å². The first kappa shape index (κ1) is 17.4. The number of nitriles is 1. The van der Waals surface area contributed by atoms with Crippen molar-refractivity contribution in [1.29, 1.82) is 5.26 Å². The van der Waals surface area contributed by atoms with E-state index in [1.54, 1.807) is 16.2 Å². The normalized spacial score (nSPS) is 11.9. The summed E-state index contributed by atoms with van der Waals surface area (Å²) in [5.74, 6) is -0.0722. The van der Waals surface area contributed by atoms with Crippen LogP contribution in [0.4, 0.5) is 0 Å². The van der Waals surface area contributed by atoms with Crippen LogP contribution in [0.2, 0.25) is 0 Å². The largest absolute Gasteiger partial charge is 0.341 e. The van der Waals surface area contributed by atoms with E-state index in [4.69, 9.17) is 5.26 Å². The quantitative estimate of drug-likeness (QED) is 0.659. The number of likely N-dealkylation sites (N-methyl/N-ethyl adjacent to an activating group) is 1. The van der Waals surface area contributed by atoms with Gasteiger partial charge in [-0.05, 0) is 25.3 Å². The minimum atomic E-state index is -0.140. The second-order valence-electron chi connectivity index (χ2n) is 5.00. The highest BCUT2D eigenvalue weighted by Crippen LogP contribution is 2.12. The van der Waals surface area contributed by atoms with E-state index in [2.05, 4.69) is 23.6 Å². The summed E-state index contributed by atoms with van der Waals surface area (Å²) in [6, 6.07) is 6.26. The second kappa shape index (κ2) is 9.32. The summed E-state index contributed by atoms with van der Waals surface area (Å²) >= 11 is 1.69. The van der Waals surface area contributed by atoms with Crippen LogP contribution < -0.4 is 0 Å². The molecule has 0 bridgehead atoms. The second-order valence-corrected chi connectivity index (χ2v) is 6.03. The van der Waals surface area contributed by atoms with Gasteiger partial charge >= 0.3 is 0 Å². The molecule has 0 saturated carbocycles. The van der Waals surface area contributed by atoms with Gasteiger partial charge in [0.25, 0.3) is 0 Å². The van der Waals surface area contributed by atoms with Crippen molar-refractivity contribution >= 4 is 17.2 Å². The van der Waals surface area contributed by atoms with E-state index in [1.807, 2.05) is 31.4 Å². The third-order valence-corrected chi connectivity index (χ3v) is 4.02. The van der Waals surface area contributed by atoms with Crippen LogP contribution in [0.25, 0.3) is 0 Å². The Kier molecular flexibility index (Phi) is 7.73. The zero-order valence-electron chi connectivity index (χ0n) is 12.8. The summed E-state index contributed by atoms with van der Waals surface area (Å²) < 4.78 is 0. The van der Waals surface area contributed by atoms with Gasteiger partial charge in [0.15, 0.2) is 0 Å². The van der Waals surface area contributed by atoms with Crippen LogP contribution in [0.3, 0.4) is 0 Å². The van der Waals surface area contributed by atoms with Crippen molar-refractivity contribution in [1.82, 2.24) is 9.80 Å². The van der Waals surface area contributed by atoms with Gasteiger partial charge in [-0.25, -0.2) is 0 Å². The molecule has 0 fully saturated rings. The van der Waals surface area contributed by atoms with E-state index in [9.17, 15) is 4.79 Å². The van der Waals surface area contributed by atoms with Gasteiger partial charge in [-0.1, -0.05) is 12.1 Å². The van der Waals surface area contributed by atoms with E-state index in [1.165, 1.54) is 4.88 Å². The predicted molar refractivity (Wildman–Crippen MR) is 86.8 cm³/mol. The molecule has 1 unspecified atom stereocenters. The molecule has 1 atom stereocenters. The molecule has 114 valence electrons. The van der Waals surface area contributed by atoms with Gasteiger partial charge < -0.3 is 4.90 Å². The van der Waals surface area contributed by atoms with Crippen LogP contribution >= 0.6 is 11.3 Å². The topological polar surface area (TPSA) is 47.3 Å². The standard InChI is InChI=1S/C16H23N3OS/c1-4-8-18(12-15-7-6-9-21-15)13-16(20)19(5-2)11-14(3)10-17/h4,6-7,9,14H,1,5,8,11-13H2,2-3H3. The Balaban J connectivity index is 2.61. The van der Waals surface area contributed by atoms with Gasteiger partial charge in [-0.2, -0.15) is 5.26 Å². The van der Waals surface area contributed by atoms with Crippen molar-refractivity contribution < 1.29 is 4.79 Å². The molecule has 1 heterocycles. The first-order chi connectivity index (χ1) is 10.1. The Morgan fingerprint density at radius 3 is 2.90 bits per heavy atom. The molecule has 1 aromatic heterocycles. The molecule has 1 rings (SSSR count). The van der Waals surface area contributed by atoms with E-state index < -0.39 is 0 Å². The summed E-state index contributed by atoms with van der Waals surface area (Å²) in [5, 5.41) is 10.9. The monoisotopic (exact) mass is 305 g/mol. The lowest BCUT2D eigenvalue weighted by Crippen LogP contribution is -2.41. The van der Waals surface area contributed by atoms with Crippen molar-refractivity contribution in [2.75, 3.05) is 26.2 Å². The summed E-state index contributed by atoms with van der Waals surface area (Å²) in [6.07, 6.45) is 1.81. The molecule has 1 amide bonds. The van der Waals surface area contributed by atoms with Gasteiger partial charge in [0.2, 0.25) is 5.91 Å². The van der Waals surface area contributed by atoms with Crippen LogP contribution in [0.15, 0.2) is 30.2 Å². The molecular formula is C16H23N3OS. The lowest BCUT2D eigenvalue weighted by molar-refractivity contribution is -0.132. The van der Waals surface area contributed by atoms with Gasteiger partial charge in [-0.15, -0.1) is 17.9 Å². The Morgan fingerprint density at radius 2 is 2.38 bits per heavy atom. The lowest BCUT2D eigenvalue weighted by Gasteiger charge is -2.26. The number of thiophene rings is 1. The molecule has 0 radical (unpaired) electrons. The molecular weight excluding hydrogens is 282 g/mol. The summed E-state index contributed by atoms with van der Waals surface area (Å²) in [6.45, 7) is 10.4. The van der Waals surface area contributed by atoms with Crippen molar-refractivity contribution in [3.05, 3.63) is 35.0 Å². The molecule has 0 aromatic carbocycles. The molecule has 0 saturated heterocycles. The first-order valence-electron chi connectivity index (χ1n) is 7.13. The third kappa shape index (κ3) is 6.11. The molecule has 4 nitrogen and oxygen atoms in total. The maximum Gasteiger partial charge on any atom is 0.236 e. The molecule has 5 heteroatoms. The maximum atomic E-state index is 12.4. The molecule has 1 aromatic rings. The zero-order chi connectivity index (χ0) is 15.7. The highest BCUT2D eigenvalue weighted by molar-refractivity contribution is 7.09. The number of rotatable bonds is 9. The van der Waals surface area contributed by atoms with Crippen LogP contribution in [0, 0.1) is 17.2 Å². The van der Waals surface area contributed by atoms with Crippen LogP contribution in [0.5, 0.6) is 0 Å². The SMILES string of the molecule is C=CCN(CC(=O)N(CC)CC(C)C#N)Cc1cccs1. The van der Waals surface area contributed by atoms with Crippen LogP contribution in [-0.4, -0.2) is 41.9 Å². The zero-order valence-corrected chi connectivity index (χ0v) is 13.6. The van der Waals surface area contributed by atoms with Crippen molar-refractivity contribution in [3.63, 3.8) is 0 Å². The Hall–Kier alpha value is -1.64. The maximum absolute atomic E-state index is 12.4. The van der Waals surface area contributed by atoms with Crippen molar-refractivity contribution in [2.24, 2.45) is 5.92 Å². The summed E-state index contributed by atoms with van der Waals surface area (Å²) in [7, 11) is 0. The molecule has 0 spiro atoms. The fraction of sp³-hybridized carbons (Fsp3) is 0.500. The summed E-state index contributed by atoms with van der Waals surface area (Å²) in [5.41, 5.74) is 0. The fourth-order valence-corrected chi connectivity index (χ4v) is 2.81. The van der Waals surface area contributed by atoms with E-state index in [0.29, 0.717) is 26.2 Å². The Bertz CT molecular complexity index is 478. The number of carbonyl (C=O) groups is 1. The van der Waals surface area contributed by atoms with Crippen LogP contribution in [-0.2, 0) is 11.3 Å². The first-order valence-corrected chi connectivity index (χ1v) is 8.01. The highest BCUT2D eigenvalue weighted by Gasteiger charge is 2.18. The molecule has 0 aliphatic carbocycles. The number of hydrogen-bond donors (Lipinski definition) is 0. The minimum absolute atomic E-state index is 0.0676. The Morgan fingerprint density at radius 1 is 1.62 bits per heavy atom. The number of carbonyl (C=O) groups excluding carboxylic acids is 1. The van der Waals surface area contributed by atoms with Crippen molar-refractivity contribution in [3.8, 4) is 6.07 Å². The van der Waals surface area contributed by atoms with Gasteiger partial charge in [0.1, 0.15) is 0 Å². The fourth-order valence-electron chi connectivity index (χ4n) is 2.06. The smallest absolute Gasteiger partial charge is 0.236 e. The van der Waals surface area contributed by atoms with E-state index in [-0.39, 0.29) is 11.8 Å².